The quantitative estimate of drug-likeness (QED) is 0.590. The van der Waals surface area contributed by atoms with Gasteiger partial charge in [0.2, 0.25) is 0 Å². The van der Waals surface area contributed by atoms with Crippen molar-refractivity contribution in [3.05, 3.63) is 63.0 Å². The number of esters is 1. The van der Waals surface area contributed by atoms with Crippen LogP contribution >= 0.6 is 11.3 Å². The van der Waals surface area contributed by atoms with E-state index in [4.69, 9.17) is 4.74 Å². The van der Waals surface area contributed by atoms with Crippen molar-refractivity contribution < 1.29 is 14.3 Å². The van der Waals surface area contributed by atoms with Crippen LogP contribution in [0.5, 0.6) is 0 Å². The summed E-state index contributed by atoms with van der Waals surface area (Å²) < 4.78 is 6.90. The summed E-state index contributed by atoms with van der Waals surface area (Å²) in [7, 11) is 0. The molecule has 2 N–H and O–H groups in total. The molecule has 0 aliphatic heterocycles. The van der Waals surface area contributed by atoms with E-state index in [0.29, 0.717) is 16.3 Å². The number of fused-ring (bicyclic) bond motifs is 3. The fourth-order valence-electron chi connectivity index (χ4n) is 3.42. The van der Waals surface area contributed by atoms with E-state index in [-0.39, 0.29) is 25.1 Å². The molecule has 8 nitrogen and oxygen atoms in total. The number of hydrogen-bond donors (Lipinski definition) is 2. The standard InChI is InChI=1S/C21H22N4O4S/c26-18-12-15(24-21-25(18)16-8-4-5-9-17(16)30-21)13-29-19(27)10-11-22-20(28)23-14-6-2-1-3-7-14/h1-3,6-7,12H,4-5,8-11,13H2,(H2,22,23,28). The lowest BCUT2D eigenvalue weighted by atomic mass is 10.0. The Morgan fingerprint density at radius 2 is 1.97 bits per heavy atom. The Morgan fingerprint density at radius 1 is 1.17 bits per heavy atom. The second-order valence-corrected chi connectivity index (χ2v) is 8.10. The molecule has 1 aromatic carbocycles. The van der Waals surface area contributed by atoms with Crippen LogP contribution < -0.4 is 16.2 Å². The van der Waals surface area contributed by atoms with Gasteiger partial charge in [-0.25, -0.2) is 9.78 Å². The van der Waals surface area contributed by atoms with Crippen LogP contribution in [0.1, 0.15) is 35.5 Å². The number of amides is 2. The van der Waals surface area contributed by atoms with Crippen LogP contribution in [0, 0.1) is 0 Å². The molecule has 0 fully saturated rings. The summed E-state index contributed by atoms with van der Waals surface area (Å²) in [4.78, 5) is 42.6. The van der Waals surface area contributed by atoms with Crippen LogP contribution in [0.2, 0.25) is 0 Å². The van der Waals surface area contributed by atoms with Gasteiger partial charge in [-0.2, -0.15) is 0 Å². The minimum absolute atomic E-state index is 0.0245. The summed E-state index contributed by atoms with van der Waals surface area (Å²) in [6, 6.07) is 10.1. The van der Waals surface area contributed by atoms with E-state index in [1.807, 2.05) is 18.2 Å². The number of thiazole rings is 1. The minimum atomic E-state index is -0.470. The molecule has 0 radical (unpaired) electrons. The molecule has 2 amide bonds. The van der Waals surface area contributed by atoms with Gasteiger partial charge in [-0.3, -0.25) is 14.0 Å². The molecule has 0 unspecified atom stereocenters. The largest absolute Gasteiger partial charge is 0.459 e. The zero-order valence-electron chi connectivity index (χ0n) is 16.3. The van der Waals surface area contributed by atoms with Crippen LogP contribution in [0.15, 0.2) is 41.2 Å². The number of aryl methyl sites for hydroxylation is 2. The van der Waals surface area contributed by atoms with Crippen molar-refractivity contribution in [1.29, 1.82) is 0 Å². The molecule has 4 rings (SSSR count). The van der Waals surface area contributed by atoms with Gasteiger partial charge in [-0.1, -0.05) is 18.2 Å². The number of nitrogens with one attached hydrogen (secondary N) is 2. The highest BCUT2D eigenvalue weighted by Crippen LogP contribution is 2.28. The smallest absolute Gasteiger partial charge is 0.319 e. The van der Waals surface area contributed by atoms with E-state index in [2.05, 4.69) is 15.6 Å². The van der Waals surface area contributed by atoms with Crippen molar-refractivity contribution in [2.45, 2.75) is 38.7 Å². The average Bonchev–Trinajstić information content (AvgIpc) is 3.12. The molecule has 9 heteroatoms. The molecule has 0 saturated carbocycles. The van der Waals surface area contributed by atoms with Crippen LogP contribution in [0.4, 0.5) is 10.5 Å². The summed E-state index contributed by atoms with van der Waals surface area (Å²) in [6.07, 6.45) is 4.13. The molecule has 156 valence electrons. The van der Waals surface area contributed by atoms with Crippen molar-refractivity contribution in [2.75, 3.05) is 11.9 Å². The van der Waals surface area contributed by atoms with Gasteiger partial charge in [0.1, 0.15) is 6.61 Å². The first kappa shape index (κ1) is 20.1. The number of hydrogen-bond acceptors (Lipinski definition) is 6. The van der Waals surface area contributed by atoms with E-state index in [9.17, 15) is 14.4 Å². The third-order valence-electron chi connectivity index (χ3n) is 4.84. The second kappa shape index (κ2) is 9.08. The molecule has 0 saturated heterocycles. The maximum atomic E-state index is 12.5. The molecule has 0 spiro atoms. The maximum Gasteiger partial charge on any atom is 0.319 e. The zero-order valence-corrected chi connectivity index (χ0v) is 17.2. The summed E-state index contributed by atoms with van der Waals surface area (Å²) in [5, 5.41) is 5.27. The molecular formula is C21H22N4O4S. The predicted molar refractivity (Wildman–Crippen MR) is 114 cm³/mol. The fraction of sp³-hybridized carbons (Fsp3) is 0.333. The van der Waals surface area contributed by atoms with E-state index in [1.165, 1.54) is 22.3 Å². The fourth-order valence-corrected chi connectivity index (χ4v) is 4.65. The number of rotatable bonds is 6. The molecule has 3 aromatic rings. The number of carbonyl (C=O) groups is 2. The third kappa shape index (κ3) is 4.68. The summed E-state index contributed by atoms with van der Waals surface area (Å²) in [5.74, 6) is -0.470. The summed E-state index contributed by atoms with van der Waals surface area (Å²) in [5.41, 5.74) is 2.04. The Morgan fingerprint density at radius 3 is 2.80 bits per heavy atom. The van der Waals surface area contributed by atoms with Crippen LogP contribution in [-0.4, -0.2) is 27.9 Å². The number of para-hydroxylation sites is 1. The van der Waals surface area contributed by atoms with E-state index in [1.54, 1.807) is 16.5 Å². The monoisotopic (exact) mass is 426 g/mol. The number of carbonyl (C=O) groups excluding carboxylic acids is 2. The SMILES string of the molecule is O=C(NCCC(=O)OCc1cc(=O)n2c3c(sc2n1)CCCC3)Nc1ccccc1. The topological polar surface area (TPSA) is 102 Å². The molecule has 1 aliphatic rings. The van der Waals surface area contributed by atoms with Gasteiger partial charge in [0.15, 0.2) is 4.96 Å². The highest BCUT2D eigenvalue weighted by molar-refractivity contribution is 7.17. The van der Waals surface area contributed by atoms with Crippen molar-refractivity contribution in [2.24, 2.45) is 0 Å². The Hall–Kier alpha value is -3.20. The van der Waals surface area contributed by atoms with Gasteiger partial charge in [-0.05, 0) is 37.8 Å². The first-order chi connectivity index (χ1) is 14.6. The van der Waals surface area contributed by atoms with Crippen LogP contribution in [0.3, 0.4) is 0 Å². The van der Waals surface area contributed by atoms with Gasteiger partial charge in [0.25, 0.3) is 5.56 Å². The molecule has 0 bridgehead atoms. The molecule has 30 heavy (non-hydrogen) atoms. The number of ether oxygens (including phenoxy) is 1. The van der Waals surface area contributed by atoms with E-state index < -0.39 is 12.0 Å². The number of urea groups is 1. The Bertz CT molecular complexity index is 1120. The van der Waals surface area contributed by atoms with E-state index >= 15 is 0 Å². The minimum Gasteiger partial charge on any atom is -0.459 e. The number of aromatic nitrogens is 2. The van der Waals surface area contributed by atoms with Gasteiger partial charge >= 0.3 is 12.0 Å². The Labute approximate surface area is 176 Å². The van der Waals surface area contributed by atoms with Crippen molar-refractivity contribution >= 4 is 34.0 Å². The van der Waals surface area contributed by atoms with Crippen LogP contribution in [0.25, 0.3) is 4.96 Å². The first-order valence-corrected chi connectivity index (χ1v) is 10.7. The lowest BCUT2D eigenvalue weighted by Crippen LogP contribution is -2.30. The molecular weight excluding hydrogens is 404 g/mol. The third-order valence-corrected chi connectivity index (χ3v) is 5.98. The van der Waals surface area contributed by atoms with Crippen molar-refractivity contribution in [1.82, 2.24) is 14.7 Å². The number of nitrogens with zero attached hydrogens (tertiary/aromatic N) is 2. The number of anilines is 1. The normalized spacial score (nSPS) is 12.9. The lowest BCUT2D eigenvalue weighted by Gasteiger charge is -2.10. The van der Waals surface area contributed by atoms with Crippen molar-refractivity contribution in [3.63, 3.8) is 0 Å². The number of benzene rings is 1. The van der Waals surface area contributed by atoms with Gasteiger partial charge in [0, 0.05) is 28.9 Å². The van der Waals surface area contributed by atoms with Crippen LogP contribution in [-0.2, 0) is 29.0 Å². The molecule has 0 atom stereocenters. The Balaban J connectivity index is 1.27. The van der Waals surface area contributed by atoms with Gasteiger partial charge < -0.3 is 15.4 Å². The first-order valence-electron chi connectivity index (χ1n) is 9.89. The lowest BCUT2D eigenvalue weighted by molar-refractivity contribution is -0.144. The van der Waals surface area contributed by atoms with Gasteiger partial charge in [-0.15, -0.1) is 11.3 Å². The van der Waals surface area contributed by atoms with Gasteiger partial charge in [0.05, 0.1) is 12.1 Å². The highest BCUT2D eigenvalue weighted by Gasteiger charge is 2.18. The predicted octanol–water partition coefficient (Wildman–Crippen LogP) is 2.89. The maximum absolute atomic E-state index is 12.5. The summed E-state index contributed by atoms with van der Waals surface area (Å²) >= 11 is 1.54. The highest BCUT2D eigenvalue weighted by atomic mass is 32.1. The zero-order chi connectivity index (χ0) is 20.9. The average molecular weight is 426 g/mol. The molecule has 2 aromatic heterocycles. The van der Waals surface area contributed by atoms with E-state index in [0.717, 1.165) is 31.4 Å². The van der Waals surface area contributed by atoms with Crippen molar-refractivity contribution in [3.8, 4) is 0 Å². The molecule has 1 aliphatic carbocycles. The second-order valence-electron chi connectivity index (χ2n) is 7.04. The summed E-state index contributed by atoms with van der Waals surface area (Å²) in [6.45, 7) is 0.0770. The molecule has 2 heterocycles. The Kier molecular flexibility index (Phi) is 6.08.